The van der Waals surface area contributed by atoms with Gasteiger partial charge in [0.1, 0.15) is 12.4 Å². The maximum absolute atomic E-state index is 5.81. The van der Waals surface area contributed by atoms with Crippen molar-refractivity contribution < 1.29 is 4.74 Å². The third-order valence-electron chi connectivity index (χ3n) is 4.06. The van der Waals surface area contributed by atoms with E-state index in [-0.39, 0.29) is 0 Å². The van der Waals surface area contributed by atoms with Gasteiger partial charge in [0, 0.05) is 25.3 Å². The third-order valence-corrected chi connectivity index (χ3v) is 4.93. The fourth-order valence-electron chi connectivity index (χ4n) is 2.58. The molecule has 0 spiro atoms. The minimum Gasteiger partial charge on any atom is -0.486 e. The molecule has 2 aromatic heterocycles. The van der Waals surface area contributed by atoms with Gasteiger partial charge in [-0.05, 0) is 43.3 Å². The van der Waals surface area contributed by atoms with E-state index in [9.17, 15) is 0 Å². The number of hydrogen-bond acceptors (Lipinski definition) is 6. The first-order valence-electron chi connectivity index (χ1n) is 8.28. The molecule has 7 heteroatoms. The summed E-state index contributed by atoms with van der Waals surface area (Å²) in [7, 11) is 4.04. The van der Waals surface area contributed by atoms with Gasteiger partial charge in [0.25, 0.3) is 0 Å². The molecule has 0 aliphatic carbocycles. The van der Waals surface area contributed by atoms with Crippen LogP contribution in [0.1, 0.15) is 10.6 Å². The van der Waals surface area contributed by atoms with Crippen molar-refractivity contribution in [2.24, 2.45) is 0 Å². The number of rotatable bonds is 5. The zero-order valence-electron chi connectivity index (χ0n) is 14.9. The van der Waals surface area contributed by atoms with Crippen molar-refractivity contribution in [2.45, 2.75) is 13.5 Å². The summed E-state index contributed by atoms with van der Waals surface area (Å²) in [5.41, 5.74) is 3.33. The maximum Gasteiger partial charge on any atom is 0.235 e. The number of aryl methyl sites for hydroxylation is 1. The van der Waals surface area contributed by atoms with Crippen LogP contribution in [0.3, 0.4) is 0 Å². The minimum absolute atomic E-state index is 0.413. The van der Waals surface area contributed by atoms with Gasteiger partial charge in [-0.15, -0.1) is 10.2 Å². The van der Waals surface area contributed by atoms with Gasteiger partial charge >= 0.3 is 0 Å². The molecule has 0 aliphatic heterocycles. The minimum atomic E-state index is 0.413. The smallest absolute Gasteiger partial charge is 0.235 e. The third kappa shape index (κ3) is 3.25. The molecule has 0 bridgehead atoms. The average Bonchev–Trinajstić information content (AvgIpc) is 3.21. The number of ether oxygens (including phenoxy) is 1. The van der Waals surface area contributed by atoms with E-state index in [0.29, 0.717) is 6.61 Å². The molecule has 0 unspecified atom stereocenters. The lowest BCUT2D eigenvalue weighted by Crippen LogP contribution is -2.08. The molecule has 2 aromatic carbocycles. The molecule has 0 N–H and O–H groups in total. The fraction of sp³-hybridized carbons (Fsp3) is 0.211. The van der Waals surface area contributed by atoms with Gasteiger partial charge in [-0.3, -0.25) is 0 Å². The van der Waals surface area contributed by atoms with Crippen LogP contribution in [0.4, 0.5) is 5.69 Å². The molecule has 0 saturated carbocycles. The van der Waals surface area contributed by atoms with Crippen LogP contribution < -0.4 is 9.64 Å². The molecule has 4 rings (SSSR count). The van der Waals surface area contributed by atoms with Crippen LogP contribution in [-0.2, 0) is 6.61 Å². The Kier molecular flexibility index (Phi) is 4.30. The Balaban J connectivity index is 1.55. The molecule has 0 radical (unpaired) electrons. The Morgan fingerprint density at radius 1 is 1.00 bits per heavy atom. The summed E-state index contributed by atoms with van der Waals surface area (Å²) in [5.74, 6) is 1.57. The lowest BCUT2D eigenvalue weighted by molar-refractivity contribution is 0.304. The second kappa shape index (κ2) is 6.76. The van der Waals surface area contributed by atoms with E-state index in [1.54, 1.807) is 4.52 Å². The van der Waals surface area contributed by atoms with Gasteiger partial charge < -0.3 is 9.64 Å². The van der Waals surface area contributed by atoms with Crippen LogP contribution in [0.25, 0.3) is 16.3 Å². The Bertz CT molecular complexity index is 1020. The summed E-state index contributed by atoms with van der Waals surface area (Å²) in [6.45, 7) is 2.47. The molecule has 0 aliphatic rings. The van der Waals surface area contributed by atoms with E-state index in [4.69, 9.17) is 4.74 Å². The predicted octanol–water partition coefficient (Wildman–Crippen LogP) is 3.81. The van der Waals surface area contributed by atoms with Crippen LogP contribution in [-0.4, -0.2) is 33.9 Å². The van der Waals surface area contributed by atoms with Gasteiger partial charge in [0.05, 0.1) is 0 Å². The van der Waals surface area contributed by atoms with Crippen LogP contribution in [0.15, 0.2) is 48.5 Å². The molecular weight excluding hydrogens is 346 g/mol. The molecule has 132 valence electrons. The summed E-state index contributed by atoms with van der Waals surface area (Å²) in [5, 5.41) is 14.0. The van der Waals surface area contributed by atoms with Crippen molar-refractivity contribution in [1.82, 2.24) is 19.8 Å². The van der Waals surface area contributed by atoms with Crippen molar-refractivity contribution in [3.05, 3.63) is 59.1 Å². The van der Waals surface area contributed by atoms with Gasteiger partial charge in [0.15, 0.2) is 10.8 Å². The van der Waals surface area contributed by atoms with Crippen LogP contribution in [0, 0.1) is 6.92 Å². The first-order chi connectivity index (χ1) is 12.6. The number of hydrogen-bond donors (Lipinski definition) is 0. The van der Waals surface area contributed by atoms with Crippen molar-refractivity contribution >= 4 is 22.0 Å². The molecule has 0 saturated heterocycles. The zero-order chi connectivity index (χ0) is 18.1. The van der Waals surface area contributed by atoms with Gasteiger partial charge in [0.2, 0.25) is 4.96 Å². The van der Waals surface area contributed by atoms with E-state index in [2.05, 4.69) is 39.3 Å². The maximum atomic E-state index is 5.81. The number of benzene rings is 2. The number of anilines is 1. The summed E-state index contributed by atoms with van der Waals surface area (Å²) >= 11 is 1.49. The number of aromatic nitrogens is 4. The molecule has 4 aromatic rings. The molecule has 0 fully saturated rings. The van der Waals surface area contributed by atoms with Crippen molar-refractivity contribution in [3.8, 4) is 17.1 Å². The highest BCUT2D eigenvalue weighted by Gasteiger charge is 2.14. The standard InChI is InChI=1S/C19H19N5OS/c1-13-4-10-16(11-5-13)25-12-17-22-24-18(20-21-19(24)26-17)14-6-8-15(9-7-14)23(2)3/h4-11H,12H2,1-3H3. The van der Waals surface area contributed by atoms with Gasteiger partial charge in [-0.1, -0.05) is 29.0 Å². The fourth-order valence-corrected chi connectivity index (χ4v) is 3.33. The highest BCUT2D eigenvalue weighted by Crippen LogP contribution is 2.24. The normalized spacial score (nSPS) is 11.0. The topological polar surface area (TPSA) is 55.6 Å². The number of nitrogens with zero attached hydrogens (tertiary/aromatic N) is 5. The summed E-state index contributed by atoms with van der Waals surface area (Å²) in [4.78, 5) is 2.83. The highest BCUT2D eigenvalue weighted by molar-refractivity contribution is 7.16. The second-order valence-electron chi connectivity index (χ2n) is 6.26. The Morgan fingerprint density at radius 2 is 1.73 bits per heavy atom. The van der Waals surface area contributed by atoms with Crippen molar-refractivity contribution in [2.75, 3.05) is 19.0 Å². The Morgan fingerprint density at radius 3 is 2.42 bits per heavy atom. The molecule has 2 heterocycles. The molecular formula is C19H19N5OS. The monoisotopic (exact) mass is 365 g/mol. The Labute approximate surface area is 155 Å². The van der Waals surface area contributed by atoms with Crippen molar-refractivity contribution in [1.29, 1.82) is 0 Å². The summed E-state index contributed by atoms with van der Waals surface area (Å²) in [6, 6.07) is 16.2. The summed E-state index contributed by atoms with van der Waals surface area (Å²) in [6.07, 6.45) is 0. The van der Waals surface area contributed by atoms with E-state index >= 15 is 0 Å². The van der Waals surface area contributed by atoms with Gasteiger partial charge in [-0.2, -0.15) is 9.61 Å². The first kappa shape index (κ1) is 16.5. The largest absolute Gasteiger partial charge is 0.486 e. The molecule has 26 heavy (non-hydrogen) atoms. The van der Waals surface area contributed by atoms with Crippen LogP contribution >= 0.6 is 11.3 Å². The van der Waals surface area contributed by atoms with E-state index < -0.39 is 0 Å². The first-order valence-corrected chi connectivity index (χ1v) is 9.10. The summed E-state index contributed by atoms with van der Waals surface area (Å²) < 4.78 is 7.60. The SMILES string of the molecule is Cc1ccc(OCc2nn3c(-c4ccc(N(C)C)cc4)nnc3s2)cc1. The lowest BCUT2D eigenvalue weighted by atomic mass is 10.2. The average molecular weight is 365 g/mol. The van der Waals surface area contributed by atoms with E-state index in [1.165, 1.54) is 16.9 Å². The Hall–Kier alpha value is -2.93. The van der Waals surface area contributed by atoms with E-state index in [1.807, 2.05) is 50.5 Å². The number of fused-ring (bicyclic) bond motifs is 1. The highest BCUT2D eigenvalue weighted by atomic mass is 32.1. The predicted molar refractivity (Wildman–Crippen MR) is 104 cm³/mol. The molecule has 0 atom stereocenters. The van der Waals surface area contributed by atoms with Gasteiger partial charge in [-0.25, -0.2) is 0 Å². The van der Waals surface area contributed by atoms with Crippen LogP contribution in [0.5, 0.6) is 5.75 Å². The van der Waals surface area contributed by atoms with E-state index in [0.717, 1.165) is 32.8 Å². The lowest BCUT2D eigenvalue weighted by Gasteiger charge is -2.12. The second-order valence-corrected chi connectivity index (χ2v) is 7.30. The van der Waals surface area contributed by atoms with Crippen molar-refractivity contribution in [3.63, 3.8) is 0 Å². The van der Waals surface area contributed by atoms with Crippen LogP contribution in [0.2, 0.25) is 0 Å². The quantitative estimate of drug-likeness (QED) is 0.538. The molecule has 6 nitrogen and oxygen atoms in total. The zero-order valence-corrected chi connectivity index (χ0v) is 15.7. The molecule has 0 amide bonds.